The molecule has 6 nitrogen and oxygen atoms in total. The van der Waals surface area contributed by atoms with Gasteiger partial charge in [-0.3, -0.25) is 9.13 Å². The van der Waals surface area contributed by atoms with Gasteiger partial charge in [0.05, 0.1) is 26.4 Å². The van der Waals surface area contributed by atoms with E-state index < -0.39 is 37.6 Å². The number of rotatable bonds is 12. The van der Waals surface area contributed by atoms with Crippen molar-refractivity contribution in [2.75, 3.05) is 26.4 Å². The fraction of sp³-hybridized carbons (Fsp3) is 0.667. The second-order valence-corrected chi connectivity index (χ2v) is 10.4. The summed E-state index contributed by atoms with van der Waals surface area (Å²) in [7, 11) is -10.1. The molecule has 1 aromatic rings. The highest BCUT2D eigenvalue weighted by Crippen LogP contribution is 2.70. The van der Waals surface area contributed by atoms with Crippen LogP contribution >= 0.6 is 15.2 Å². The maximum atomic E-state index is 15.2. The van der Waals surface area contributed by atoms with Crippen LogP contribution in [-0.2, 0) is 38.6 Å². The monoisotopic (exact) mass is 478 g/mol. The summed E-state index contributed by atoms with van der Waals surface area (Å²) in [6.45, 7) is 6.54. The van der Waals surface area contributed by atoms with E-state index in [4.69, 9.17) is 18.1 Å². The van der Waals surface area contributed by atoms with Crippen LogP contribution in [0.1, 0.15) is 49.9 Å². The predicted molar refractivity (Wildman–Crippen MR) is 105 cm³/mol. The van der Waals surface area contributed by atoms with E-state index in [1.165, 1.54) is 41.5 Å². The van der Waals surface area contributed by atoms with E-state index in [2.05, 4.69) is 0 Å². The Kier molecular flexibility index (Phi) is 9.31. The lowest BCUT2D eigenvalue weighted by Crippen LogP contribution is -2.23. The first-order chi connectivity index (χ1) is 13.8. The molecule has 0 spiro atoms. The van der Waals surface area contributed by atoms with Gasteiger partial charge in [0.1, 0.15) is 0 Å². The van der Waals surface area contributed by atoms with Gasteiger partial charge in [-0.05, 0) is 58.7 Å². The standard InChI is InChI=1S/C18H28F4O6P2/c1-7-25-29(23,26-8-2)17(19,20)15-12-16(14(6)11-13(15)5)18(21,22)30(24,27-9-3)28-10-4/h11-12H,7-10H2,1-6H3. The fourth-order valence-corrected chi connectivity index (χ4v) is 6.10. The van der Waals surface area contributed by atoms with Gasteiger partial charge in [0.25, 0.3) is 0 Å². The molecule has 0 radical (unpaired) electrons. The highest BCUT2D eigenvalue weighted by atomic mass is 31.2. The van der Waals surface area contributed by atoms with E-state index in [1.54, 1.807) is 0 Å². The van der Waals surface area contributed by atoms with Crippen molar-refractivity contribution < 1.29 is 44.8 Å². The lowest BCUT2D eigenvalue weighted by molar-refractivity contribution is 0.0295. The summed E-state index contributed by atoms with van der Waals surface area (Å²) in [5.74, 6) is 0. The number of halogens is 4. The number of benzene rings is 1. The summed E-state index contributed by atoms with van der Waals surface area (Å²) in [4.78, 5) is 0. The third-order valence-corrected chi connectivity index (χ3v) is 8.35. The average Bonchev–Trinajstić information content (AvgIpc) is 2.61. The maximum absolute atomic E-state index is 15.2. The van der Waals surface area contributed by atoms with Gasteiger partial charge in [-0.25, -0.2) is 0 Å². The minimum atomic E-state index is -5.03. The van der Waals surface area contributed by atoms with E-state index >= 15 is 17.6 Å². The third kappa shape index (κ3) is 5.00. The molecule has 0 bridgehead atoms. The Morgan fingerprint density at radius 1 is 0.667 bits per heavy atom. The molecule has 0 fully saturated rings. The Morgan fingerprint density at radius 3 is 1.17 bits per heavy atom. The molecule has 1 aromatic carbocycles. The quantitative estimate of drug-likeness (QED) is 0.240. The average molecular weight is 478 g/mol. The zero-order valence-electron chi connectivity index (χ0n) is 17.8. The van der Waals surface area contributed by atoms with Gasteiger partial charge in [0.15, 0.2) is 0 Å². The summed E-state index contributed by atoms with van der Waals surface area (Å²) in [5.41, 5.74) is -10.6. The van der Waals surface area contributed by atoms with Crippen LogP contribution in [0, 0.1) is 13.8 Å². The second kappa shape index (κ2) is 10.2. The molecule has 1 rings (SSSR count). The van der Waals surface area contributed by atoms with Crippen molar-refractivity contribution in [3.05, 3.63) is 34.4 Å². The van der Waals surface area contributed by atoms with Gasteiger partial charge in [-0.1, -0.05) is 6.07 Å². The third-order valence-electron chi connectivity index (χ3n) is 4.10. The first kappa shape index (κ1) is 27.3. The second-order valence-electron chi connectivity index (χ2n) is 6.23. The largest absolute Gasteiger partial charge is 0.404 e. The Bertz CT molecular complexity index is 748. The first-order valence-electron chi connectivity index (χ1n) is 9.44. The predicted octanol–water partition coefficient (Wildman–Crippen LogP) is 6.93. The smallest absolute Gasteiger partial charge is 0.304 e. The molecular weight excluding hydrogens is 450 g/mol. The van der Waals surface area contributed by atoms with Gasteiger partial charge >= 0.3 is 26.5 Å². The molecule has 0 saturated heterocycles. The number of alkyl halides is 4. The highest BCUT2D eigenvalue weighted by Gasteiger charge is 2.59. The van der Waals surface area contributed by atoms with Crippen molar-refractivity contribution in [2.45, 2.75) is 52.9 Å². The molecule has 0 unspecified atom stereocenters. The van der Waals surface area contributed by atoms with Crippen LogP contribution in [0.5, 0.6) is 0 Å². The van der Waals surface area contributed by atoms with Gasteiger partial charge in [0.2, 0.25) is 0 Å². The summed E-state index contributed by atoms with van der Waals surface area (Å²) < 4.78 is 105. The molecule has 0 aliphatic carbocycles. The van der Waals surface area contributed by atoms with E-state index in [9.17, 15) is 9.13 Å². The van der Waals surface area contributed by atoms with Crippen LogP contribution < -0.4 is 0 Å². The van der Waals surface area contributed by atoms with E-state index in [-0.39, 0.29) is 37.6 Å². The molecule has 0 heterocycles. The van der Waals surface area contributed by atoms with Crippen molar-refractivity contribution in [3.8, 4) is 0 Å². The van der Waals surface area contributed by atoms with Gasteiger partial charge < -0.3 is 18.1 Å². The molecule has 12 heteroatoms. The lowest BCUT2D eigenvalue weighted by Gasteiger charge is -2.30. The fourth-order valence-electron chi connectivity index (χ4n) is 2.87. The van der Waals surface area contributed by atoms with Crippen LogP contribution in [0.2, 0.25) is 0 Å². The summed E-state index contributed by atoms with van der Waals surface area (Å²) in [6.07, 6.45) is 0. The number of hydrogen-bond acceptors (Lipinski definition) is 6. The van der Waals surface area contributed by atoms with Crippen LogP contribution in [0.4, 0.5) is 17.6 Å². The molecule has 174 valence electrons. The Morgan fingerprint density at radius 2 is 0.933 bits per heavy atom. The summed E-state index contributed by atoms with van der Waals surface area (Å²) in [6, 6.07) is 1.54. The van der Waals surface area contributed by atoms with Gasteiger partial charge in [-0.15, -0.1) is 0 Å². The first-order valence-corrected chi connectivity index (χ1v) is 12.5. The normalized spacial score (nSPS) is 13.7. The van der Waals surface area contributed by atoms with Crippen molar-refractivity contribution in [1.82, 2.24) is 0 Å². The molecule has 0 saturated carbocycles. The molecule has 30 heavy (non-hydrogen) atoms. The summed E-state index contributed by atoms with van der Waals surface area (Å²) >= 11 is 0. The Hall–Kier alpha value is -0.760. The van der Waals surface area contributed by atoms with Crippen LogP contribution in [0.3, 0.4) is 0 Å². The van der Waals surface area contributed by atoms with E-state index in [1.807, 2.05) is 0 Å². The van der Waals surface area contributed by atoms with Crippen LogP contribution in [0.25, 0.3) is 0 Å². The van der Waals surface area contributed by atoms with E-state index in [0.29, 0.717) is 6.07 Å². The minimum absolute atomic E-state index is 0.112. The summed E-state index contributed by atoms with van der Waals surface area (Å²) in [5, 5.41) is 0. The highest BCUT2D eigenvalue weighted by molar-refractivity contribution is 7.55. The topological polar surface area (TPSA) is 71.1 Å². The SMILES string of the molecule is CCOP(=O)(OCC)C(F)(F)c1cc(C(F)(F)P(=O)(OCC)OCC)c(C)cc1C. The van der Waals surface area contributed by atoms with Gasteiger partial charge in [0, 0.05) is 11.1 Å². The zero-order valence-corrected chi connectivity index (χ0v) is 19.6. The molecule has 0 N–H and O–H groups in total. The molecule has 0 aliphatic rings. The molecule has 0 aromatic heterocycles. The number of aryl methyl sites for hydroxylation is 2. The molecule has 0 amide bonds. The molecule has 0 atom stereocenters. The number of hydrogen-bond donors (Lipinski definition) is 0. The Labute approximate surface area is 174 Å². The van der Waals surface area contributed by atoms with E-state index in [0.717, 1.165) is 6.07 Å². The lowest BCUT2D eigenvalue weighted by atomic mass is 10.00. The zero-order chi connectivity index (χ0) is 23.4. The van der Waals surface area contributed by atoms with Crippen molar-refractivity contribution >= 4 is 15.2 Å². The van der Waals surface area contributed by atoms with Crippen LogP contribution in [0.15, 0.2) is 12.1 Å². The van der Waals surface area contributed by atoms with Gasteiger partial charge in [-0.2, -0.15) is 17.6 Å². The van der Waals surface area contributed by atoms with Crippen LogP contribution in [-0.4, -0.2) is 26.4 Å². The molecule has 0 aliphatic heterocycles. The van der Waals surface area contributed by atoms with Crippen molar-refractivity contribution in [1.29, 1.82) is 0 Å². The Balaban J connectivity index is 3.75. The maximum Gasteiger partial charge on any atom is 0.404 e. The molecular formula is C18H28F4O6P2. The minimum Gasteiger partial charge on any atom is -0.304 e. The van der Waals surface area contributed by atoms with Crippen molar-refractivity contribution in [3.63, 3.8) is 0 Å². The van der Waals surface area contributed by atoms with Crippen molar-refractivity contribution in [2.24, 2.45) is 0 Å².